The molecule has 0 aliphatic carbocycles. The Morgan fingerprint density at radius 3 is 1.08 bits per heavy atom. The maximum atomic E-state index is 10.8. The normalized spacial score (nSPS) is 36.8. The Balaban J connectivity index is 0.893. The van der Waals surface area contributed by atoms with Gasteiger partial charge >= 0.3 is 0 Å². The molecule has 20 atom stereocenters. The highest BCUT2D eigenvalue weighted by molar-refractivity contribution is 7.99. The predicted octanol–water partition coefficient (Wildman–Crippen LogP) is -1.57. The minimum Gasteiger partial charge on any atom is -0.394 e. The number of aliphatic hydroxyl groups is 14. The standard InChI is InChI=1S/C48H92O22S2Si3/c1-75(2,23-11-21-73-19-9-17-71-15-7-3-5-13-63-45-41(61)37(57)43(31(27-51)67-45)69-47-39(59)35(55)33(53)29(25-49)65-47)24-12-22-74-20-10-18-72-16-8-4-6-14-64-46-42(62)38(58)44(32(28-52)68-46)70-48-40(60)36(56)34(54)30(26-50)66-48/h29-62H,3-28H2,1-2H3/t29-,30-,31-,32-,33+,34+,35+,36+,37-,38-,39-,40-,41-,42-,43-,44-,45-,46-,47+,48+/m1/s1. The zero-order chi connectivity index (χ0) is 54.9. The Morgan fingerprint density at radius 2 is 0.707 bits per heavy atom. The van der Waals surface area contributed by atoms with E-state index in [0.717, 1.165) is 80.6 Å². The molecule has 0 amide bonds. The Morgan fingerprint density at radius 1 is 0.373 bits per heavy atom. The van der Waals surface area contributed by atoms with Gasteiger partial charge in [-0.3, -0.25) is 0 Å². The molecule has 0 aromatic carbocycles. The van der Waals surface area contributed by atoms with Gasteiger partial charge in [0.15, 0.2) is 25.2 Å². The third kappa shape index (κ3) is 22.3. The highest BCUT2D eigenvalue weighted by Gasteiger charge is 2.52. The lowest BCUT2D eigenvalue weighted by Gasteiger charge is -2.45. The molecule has 0 spiro atoms. The summed E-state index contributed by atoms with van der Waals surface area (Å²) in [7, 11) is 0.902. The molecule has 4 aliphatic heterocycles. The van der Waals surface area contributed by atoms with Gasteiger partial charge in [-0.1, -0.05) is 75.0 Å². The first-order chi connectivity index (χ1) is 36.0. The number of rotatable bonds is 38. The van der Waals surface area contributed by atoms with Gasteiger partial charge in [0.05, 0.1) is 26.4 Å². The highest BCUT2D eigenvalue weighted by atomic mass is 32.2. The van der Waals surface area contributed by atoms with Crippen LogP contribution in [0, 0.1) is 0 Å². The molecule has 27 heteroatoms. The summed E-state index contributed by atoms with van der Waals surface area (Å²) in [5, 5.41) is 142. The third-order valence-corrected chi connectivity index (χ3v) is 22.6. The van der Waals surface area contributed by atoms with Gasteiger partial charge in [-0.2, -0.15) is 23.5 Å². The summed E-state index contributed by atoms with van der Waals surface area (Å²) in [5.41, 5.74) is 0. The van der Waals surface area contributed by atoms with Gasteiger partial charge in [0.25, 0.3) is 0 Å². The maximum absolute atomic E-state index is 10.8. The number of thioether (sulfide) groups is 2. The molecular formula is C48H92O22S2Si3. The molecule has 0 bridgehead atoms. The molecule has 4 radical (unpaired) electrons. The summed E-state index contributed by atoms with van der Waals surface area (Å²) in [6.45, 7) is 3.12. The molecule has 22 nitrogen and oxygen atoms in total. The second-order valence-electron chi connectivity index (χ2n) is 20.7. The van der Waals surface area contributed by atoms with Crippen molar-refractivity contribution >= 4 is 50.6 Å². The van der Waals surface area contributed by atoms with Gasteiger partial charge in [0.1, 0.15) is 97.7 Å². The SMILES string of the molecule is C[Si](C)(CCC[Si]CCCSCCCCCO[C@@H]1O[C@H](CO)[C@@H](O[C@@H]2O[C@H](CO)[C@H](O)[C@H](O)[C@H]2O)[C@H](O)[C@H]1O)CCC[Si]CCCSCCCCCO[C@@H]1O[C@H](CO)[C@@H](O[C@@H]2O[C@H](CO)[C@H](O)[C@H](O)[C@H]2O)[C@H](O)[C@H]1O. The fourth-order valence-electron chi connectivity index (χ4n) is 9.31. The number of hydrogen-bond donors (Lipinski definition) is 14. The first-order valence-corrected chi connectivity index (χ1v) is 35.5. The van der Waals surface area contributed by atoms with E-state index in [4.69, 9.17) is 37.9 Å². The molecule has 75 heavy (non-hydrogen) atoms. The van der Waals surface area contributed by atoms with Crippen LogP contribution in [0.25, 0.3) is 0 Å². The first kappa shape index (κ1) is 68.0. The quantitative estimate of drug-likeness (QED) is 0.0245. The van der Waals surface area contributed by atoms with Crippen molar-refractivity contribution in [3.05, 3.63) is 0 Å². The predicted molar refractivity (Wildman–Crippen MR) is 283 cm³/mol. The van der Waals surface area contributed by atoms with Crippen molar-refractivity contribution in [2.24, 2.45) is 0 Å². The molecule has 4 aliphatic rings. The largest absolute Gasteiger partial charge is 0.394 e. The van der Waals surface area contributed by atoms with Crippen LogP contribution < -0.4 is 0 Å². The number of unbranched alkanes of at least 4 members (excludes halogenated alkanes) is 4. The lowest BCUT2D eigenvalue weighted by molar-refractivity contribution is -0.359. The van der Waals surface area contributed by atoms with Crippen molar-refractivity contribution < 1.29 is 109 Å². The molecule has 440 valence electrons. The topological polar surface area (TPSA) is 357 Å². The molecule has 0 aromatic heterocycles. The van der Waals surface area contributed by atoms with Crippen LogP contribution in [0.2, 0.25) is 49.4 Å². The van der Waals surface area contributed by atoms with E-state index in [1.165, 1.54) is 61.9 Å². The van der Waals surface area contributed by atoms with Crippen LogP contribution in [-0.2, 0) is 37.9 Å². The lowest BCUT2D eigenvalue weighted by atomic mass is 9.97. The van der Waals surface area contributed by atoms with Gasteiger partial charge in [-0.05, 0) is 61.5 Å². The van der Waals surface area contributed by atoms with Crippen molar-refractivity contribution in [2.75, 3.05) is 62.7 Å². The number of aliphatic hydroxyl groups excluding tert-OH is 14. The zero-order valence-electron chi connectivity index (χ0n) is 43.8. The van der Waals surface area contributed by atoms with Crippen LogP contribution in [0.15, 0.2) is 0 Å². The Labute approximate surface area is 457 Å². The molecular weight excluding hydrogens is 1080 g/mol. The van der Waals surface area contributed by atoms with Crippen LogP contribution in [0.3, 0.4) is 0 Å². The average molecular weight is 1170 g/mol. The Hall–Kier alpha value is 0.471. The molecule has 0 aromatic rings. The van der Waals surface area contributed by atoms with E-state index in [-0.39, 0.29) is 13.2 Å². The van der Waals surface area contributed by atoms with Gasteiger partial charge in [-0.25, -0.2) is 0 Å². The summed E-state index contributed by atoms with van der Waals surface area (Å²) in [6.07, 6.45) is -18.7. The maximum Gasteiger partial charge on any atom is 0.187 e. The zero-order valence-corrected chi connectivity index (χ0v) is 48.4. The summed E-state index contributed by atoms with van der Waals surface area (Å²) >= 11 is 3.95. The van der Waals surface area contributed by atoms with Gasteiger partial charge in [-0.15, -0.1) is 0 Å². The summed E-state index contributed by atoms with van der Waals surface area (Å²) in [5.74, 6) is 4.44. The van der Waals surface area contributed by atoms with E-state index < -0.39 is 157 Å². The molecule has 14 N–H and O–H groups in total. The fraction of sp³-hybridized carbons (Fsp3) is 1.00. The van der Waals surface area contributed by atoms with Crippen LogP contribution in [0.4, 0.5) is 0 Å². The second kappa shape index (κ2) is 36.8. The van der Waals surface area contributed by atoms with E-state index in [0.29, 0.717) is 0 Å². The summed E-state index contributed by atoms with van der Waals surface area (Å²) in [4.78, 5) is 0. The molecule has 0 unspecified atom stereocenters. The molecule has 4 rings (SSSR count). The summed E-state index contributed by atoms with van der Waals surface area (Å²) < 4.78 is 44.6. The van der Waals surface area contributed by atoms with E-state index >= 15 is 0 Å². The van der Waals surface area contributed by atoms with Crippen LogP contribution >= 0.6 is 23.5 Å². The fourth-order valence-corrected chi connectivity index (χ4v) is 17.2. The first-order valence-electron chi connectivity index (χ1n) is 27.0. The second-order valence-corrected chi connectivity index (χ2v) is 31.5. The molecule has 4 saturated heterocycles. The summed E-state index contributed by atoms with van der Waals surface area (Å²) in [6, 6.07) is 8.08. The van der Waals surface area contributed by atoms with E-state index in [9.17, 15) is 71.5 Å². The van der Waals surface area contributed by atoms with Crippen molar-refractivity contribution in [1.82, 2.24) is 0 Å². The Kier molecular flexibility index (Phi) is 33.4. The minimum absolute atomic E-state index is 0.283. The van der Waals surface area contributed by atoms with E-state index in [1.54, 1.807) is 0 Å². The van der Waals surface area contributed by atoms with E-state index in [1.807, 2.05) is 23.5 Å². The van der Waals surface area contributed by atoms with Crippen molar-refractivity contribution in [2.45, 2.75) is 236 Å². The van der Waals surface area contributed by atoms with Gasteiger partial charge in [0, 0.05) is 40.3 Å². The number of hydrogen-bond acceptors (Lipinski definition) is 24. The van der Waals surface area contributed by atoms with Crippen molar-refractivity contribution in [1.29, 1.82) is 0 Å². The smallest absolute Gasteiger partial charge is 0.187 e. The third-order valence-electron chi connectivity index (χ3n) is 14.0. The van der Waals surface area contributed by atoms with Crippen molar-refractivity contribution in [3.8, 4) is 0 Å². The molecule has 4 fully saturated rings. The average Bonchev–Trinajstić information content (AvgIpc) is 3.40. The van der Waals surface area contributed by atoms with E-state index in [2.05, 4.69) is 13.1 Å². The van der Waals surface area contributed by atoms with Crippen LogP contribution in [0.5, 0.6) is 0 Å². The van der Waals surface area contributed by atoms with Crippen LogP contribution in [-0.4, -0.2) is 284 Å². The Bertz CT molecular complexity index is 1370. The molecule has 0 saturated carbocycles. The van der Waals surface area contributed by atoms with Crippen molar-refractivity contribution in [3.63, 3.8) is 0 Å². The lowest BCUT2D eigenvalue weighted by Crippen LogP contribution is -2.64. The van der Waals surface area contributed by atoms with Gasteiger partial charge in [0.2, 0.25) is 0 Å². The highest BCUT2D eigenvalue weighted by Crippen LogP contribution is 2.32. The van der Waals surface area contributed by atoms with Crippen LogP contribution in [0.1, 0.15) is 64.2 Å². The minimum atomic E-state index is -1.72. The monoisotopic (exact) mass is 1170 g/mol. The number of ether oxygens (including phenoxy) is 8. The van der Waals surface area contributed by atoms with Gasteiger partial charge < -0.3 is 109 Å². The molecule has 4 heterocycles.